The summed E-state index contributed by atoms with van der Waals surface area (Å²) >= 11 is 0. The maximum absolute atomic E-state index is 8.80. The molecule has 3 heteroatoms. The smallest absolute Gasteiger partial charge is 0.0558 e. The first-order valence-electron chi connectivity index (χ1n) is 5.18. The van der Waals surface area contributed by atoms with Gasteiger partial charge in [0.15, 0.2) is 0 Å². The van der Waals surface area contributed by atoms with E-state index in [0.717, 1.165) is 32.8 Å². The Morgan fingerprint density at radius 1 is 1.46 bits per heavy atom. The summed E-state index contributed by atoms with van der Waals surface area (Å²) in [6.45, 7) is 9.26. The lowest BCUT2D eigenvalue weighted by Crippen LogP contribution is -2.25. The molecule has 0 bridgehead atoms. The lowest BCUT2D eigenvalue weighted by atomic mass is 9.99. The molecule has 78 valence electrons. The second-order valence-electron chi connectivity index (χ2n) is 3.88. The second-order valence-corrected chi connectivity index (χ2v) is 3.88. The van der Waals surface area contributed by atoms with E-state index in [4.69, 9.17) is 9.84 Å². The first kappa shape index (κ1) is 11.0. The number of rotatable bonds is 5. The number of ether oxygens (including phenoxy) is 1. The van der Waals surface area contributed by atoms with Crippen molar-refractivity contribution in [1.82, 2.24) is 4.90 Å². The Balaban J connectivity index is 2.24. The Kier molecular flexibility index (Phi) is 4.70. The van der Waals surface area contributed by atoms with Crippen LogP contribution in [0.15, 0.2) is 0 Å². The predicted octanol–water partition coefficient (Wildman–Crippen LogP) is 0.583. The highest BCUT2D eigenvalue weighted by atomic mass is 16.5. The van der Waals surface area contributed by atoms with Gasteiger partial charge in [-0.2, -0.15) is 0 Å². The molecule has 0 aromatic rings. The molecule has 1 aliphatic rings. The molecule has 0 aromatic carbocycles. The molecule has 1 heterocycles. The summed E-state index contributed by atoms with van der Waals surface area (Å²) in [6, 6.07) is 0. The molecule has 1 aliphatic heterocycles. The molecule has 0 radical (unpaired) electrons. The van der Waals surface area contributed by atoms with Crippen LogP contribution in [0.3, 0.4) is 0 Å². The molecule has 2 atom stereocenters. The quantitative estimate of drug-likeness (QED) is 0.683. The topological polar surface area (TPSA) is 32.7 Å². The molecule has 1 N–H and O–H groups in total. The fourth-order valence-electron chi connectivity index (χ4n) is 1.95. The molecule has 0 spiro atoms. The minimum Gasteiger partial charge on any atom is -0.395 e. The summed E-state index contributed by atoms with van der Waals surface area (Å²) < 4.78 is 5.43. The maximum Gasteiger partial charge on any atom is 0.0558 e. The van der Waals surface area contributed by atoms with Gasteiger partial charge >= 0.3 is 0 Å². The van der Waals surface area contributed by atoms with E-state index in [1.807, 2.05) is 6.92 Å². The molecule has 13 heavy (non-hydrogen) atoms. The molecule has 0 aromatic heterocycles. The van der Waals surface area contributed by atoms with E-state index in [0.29, 0.717) is 11.8 Å². The number of nitrogens with zero attached hydrogens (tertiary/aromatic N) is 1. The zero-order valence-electron chi connectivity index (χ0n) is 8.70. The van der Waals surface area contributed by atoms with E-state index in [1.54, 1.807) is 0 Å². The second kappa shape index (κ2) is 5.58. The Morgan fingerprint density at radius 3 is 2.85 bits per heavy atom. The molecule has 0 saturated carbocycles. The number of hydrogen-bond donors (Lipinski definition) is 1. The Labute approximate surface area is 80.7 Å². The number of likely N-dealkylation sites (tertiary alicyclic amines) is 1. The van der Waals surface area contributed by atoms with Gasteiger partial charge in [0.2, 0.25) is 0 Å². The van der Waals surface area contributed by atoms with Crippen molar-refractivity contribution < 1.29 is 9.84 Å². The highest BCUT2D eigenvalue weighted by molar-refractivity contribution is 4.80. The Hall–Kier alpha value is -0.120. The predicted molar refractivity (Wildman–Crippen MR) is 52.7 cm³/mol. The Morgan fingerprint density at radius 2 is 2.23 bits per heavy atom. The Bertz CT molecular complexity index is 141. The highest BCUT2D eigenvalue weighted by Crippen LogP contribution is 2.22. The third-order valence-corrected chi connectivity index (χ3v) is 2.80. The monoisotopic (exact) mass is 187 g/mol. The van der Waals surface area contributed by atoms with Gasteiger partial charge < -0.3 is 14.7 Å². The molecule has 1 rings (SSSR count). The highest BCUT2D eigenvalue weighted by Gasteiger charge is 2.28. The minimum atomic E-state index is 0.272. The zero-order valence-corrected chi connectivity index (χ0v) is 8.70. The molecule has 0 unspecified atom stereocenters. The van der Waals surface area contributed by atoms with E-state index in [-0.39, 0.29) is 6.61 Å². The van der Waals surface area contributed by atoms with Crippen molar-refractivity contribution in [3.63, 3.8) is 0 Å². The van der Waals surface area contributed by atoms with Crippen LogP contribution >= 0.6 is 0 Å². The molecular formula is C10H21NO2. The largest absolute Gasteiger partial charge is 0.395 e. The summed E-state index contributed by atoms with van der Waals surface area (Å²) in [5, 5.41) is 8.80. The van der Waals surface area contributed by atoms with Gasteiger partial charge in [0.25, 0.3) is 0 Å². The first-order valence-corrected chi connectivity index (χ1v) is 5.18. The first-order chi connectivity index (χ1) is 6.27. The van der Waals surface area contributed by atoms with Gasteiger partial charge in [-0.3, -0.25) is 0 Å². The molecular weight excluding hydrogens is 166 g/mol. The summed E-state index contributed by atoms with van der Waals surface area (Å²) in [4.78, 5) is 2.31. The normalized spacial score (nSPS) is 29.8. The molecule has 0 amide bonds. The van der Waals surface area contributed by atoms with Crippen LogP contribution < -0.4 is 0 Å². The minimum absolute atomic E-state index is 0.272. The van der Waals surface area contributed by atoms with Crippen LogP contribution in [0.5, 0.6) is 0 Å². The average Bonchev–Trinajstić information content (AvgIpc) is 2.44. The fourth-order valence-corrected chi connectivity index (χ4v) is 1.95. The molecule has 3 nitrogen and oxygen atoms in total. The van der Waals surface area contributed by atoms with Crippen molar-refractivity contribution in [3.8, 4) is 0 Å². The lowest BCUT2D eigenvalue weighted by Gasteiger charge is -2.14. The van der Waals surface area contributed by atoms with Gasteiger partial charge in [0.1, 0.15) is 0 Å². The average molecular weight is 187 g/mol. The SMILES string of the molecule is CCOC[C@H]1CN(CCO)C[C@H]1C. The van der Waals surface area contributed by atoms with Crippen LogP contribution in [0.25, 0.3) is 0 Å². The molecule has 0 aliphatic carbocycles. The number of β-amino-alcohol motifs (C(OH)–C–C–N with tert-alkyl or cyclic N) is 1. The number of aliphatic hydroxyl groups excluding tert-OH is 1. The zero-order chi connectivity index (χ0) is 9.68. The van der Waals surface area contributed by atoms with Gasteiger partial charge in [-0.05, 0) is 18.8 Å². The van der Waals surface area contributed by atoms with Crippen molar-refractivity contribution in [2.24, 2.45) is 11.8 Å². The van der Waals surface area contributed by atoms with E-state index in [2.05, 4.69) is 11.8 Å². The van der Waals surface area contributed by atoms with Crippen molar-refractivity contribution in [1.29, 1.82) is 0 Å². The van der Waals surface area contributed by atoms with Crippen LogP contribution in [-0.4, -0.2) is 49.5 Å². The van der Waals surface area contributed by atoms with Crippen molar-refractivity contribution >= 4 is 0 Å². The number of hydrogen-bond acceptors (Lipinski definition) is 3. The van der Waals surface area contributed by atoms with Crippen molar-refractivity contribution in [3.05, 3.63) is 0 Å². The van der Waals surface area contributed by atoms with Crippen LogP contribution in [0.2, 0.25) is 0 Å². The molecule has 1 saturated heterocycles. The van der Waals surface area contributed by atoms with Crippen molar-refractivity contribution in [2.75, 3.05) is 39.5 Å². The van der Waals surface area contributed by atoms with Crippen LogP contribution in [0, 0.1) is 11.8 Å². The van der Waals surface area contributed by atoms with Gasteiger partial charge in [-0.1, -0.05) is 6.92 Å². The van der Waals surface area contributed by atoms with Gasteiger partial charge in [0, 0.05) is 26.2 Å². The van der Waals surface area contributed by atoms with Crippen LogP contribution in [0.4, 0.5) is 0 Å². The fraction of sp³-hybridized carbons (Fsp3) is 1.00. The third-order valence-electron chi connectivity index (χ3n) is 2.80. The van der Waals surface area contributed by atoms with E-state index in [1.165, 1.54) is 0 Å². The van der Waals surface area contributed by atoms with Crippen molar-refractivity contribution in [2.45, 2.75) is 13.8 Å². The van der Waals surface area contributed by atoms with Gasteiger partial charge in [-0.15, -0.1) is 0 Å². The van der Waals surface area contributed by atoms with Gasteiger partial charge in [0.05, 0.1) is 13.2 Å². The van der Waals surface area contributed by atoms with E-state index in [9.17, 15) is 0 Å². The van der Waals surface area contributed by atoms with Crippen LogP contribution in [0.1, 0.15) is 13.8 Å². The standard InChI is InChI=1S/C10H21NO2/c1-3-13-8-10-7-11(4-5-12)6-9(10)2/h9-10,12H,3-8H2,1-2H3/t9-,10-/m1/s1. The summed E-state index contributed by atoms with van der Waals surface area (Å²) in [5.41, 5.74) is 0. The molecule has 1 fully saturated rings. The van der Waals surface area contributed by atoms with Gasteiger partial charge in [-0.25, -0.2) is 0 Å². The van der Waals surface area contributed by atoms with Crippen LogP contribution in [-0.2, 0) is 4.74 Å². The lowest BCUT2D eigenvalue weighted by molar-refractivity contribution is 0.101. The summed E-state index contributed by atoms with van der Waals surface area (Å²) in [5.74, 6) is 1.37. The maximum atomic E-state index is 8.80. The number of aliphatic hydroxyl groups is 1. The third kappa shape index (κ3) is 3.25. The van der Waals surface area contributed by atoms with E-state index >= 15 is 0 Å². The van der Waals surface area contributed by atoms with E-state index < -0.39 is 0 Å². The summed E-state index contributed by atoms with van der Waals surface area (Å²) in [7, 11) is 0. The summed E-state index contributed by atoms with van der Waals surface area (Å²) in [6.07, 6.45) is 0.